The van der Waals surface area contributed by atoms with Crippen molar-refractivity contribution in [3.05, 3.63) is 23.0 Å². The molecule has 1 aromatic rings. The minimum Gasteiger partial charge on any atom is -0.403 e. The van der Waals surface area contributed by atoms with Crippen molar-refractivity contribution in [2.24, 2.45) is 0 Å². The van der Waals surface area contributed by atoms with Gasteiger partial charge in [-0.3, -0.25) is 4.98 Å². The monoisotopic (exact) mass is 266 g/mol. The first-order valence-corrected chi connectivity index (χ1v) is 4.65. The van der Waals surface area contributed by atoms with Crippen LogP contribution in [0.25, 0.3) is 0 Å². The molecule has 0 saturated carbocycles. The number of hydrogen-bond acceptors (Lipinski definition) is 3. The summed E-state index contributed by atoms with van der Waals surface area (Å²) < 4.78 is 65.5. The van der Waals surface area contributed by atoms with Gasteiger partial charge in [-0.05, 0) is 12.5 Å². The molecule has 18 heavy (non-hydrogen) atoms. The Morgan fingerprint density at radius 2 is 2.06 bits per heavy atom. The normalized spacial score (nSPS) is 11.4. The third-order valence-electron chi connectivity index (χ3n) is 2.03. The van der Waals surface area contributed by atoms with Crippen LogP contribution in [0.2, 0.25) is 0 Å². The maximum atomic E-state index is 12.7. The number of aromatic nitrogens is 1. The van der Waals surface area contributed by atoms with E-state index in [1.807, 2.05) is 0 Å². The number of ether oxygens (including phenoxy) is 1. The predicted octanol–water partition coefficient (Wildman–Crippen LogP) is 3.29. The van der Waals surface area contributed by atoms with Crippen molar-refractivity contribution in [3.8, 4) is 11.8 Å². The van der Waals surface area contributed by atoms with Gasteiger partial charge in [-0.1, -0.05) is 0 Å². The van der Waals surface area contributed by atoms with Crippen molar-refractivity contribution in [1.82, 2.24) is 4.98 Å². The molecule has 0 aliphatic rings. The molecule has 0 amide bonds. The van der Waals surface area contributed by atoms with Gasteiger partial charge in [0.05, 0.1) is 23.7 Å². The van der Waals surface area contributed by atoms with Crippen LogP contribution in [0.4, 0.5) is 22.0 Å². The van der Waals surface area contributed by atoms with Crippen molar-refractivity contribution in [2.45, 2.75) is 26.1 Å². The van der Waals surface area contributed by atoms with Crippen molar-refractivity contribution in [2.75, 3.05) is 0 Å². The average Bonchev–Trinajstić information content (AvgIpc) is 2.19. The third kappa shape index (κ3) is 3.29. The van der Waals surface area contributed by atoms with E-state index in [4.69, 9.17) is 5.26 Å². The number of aryl methyl sites for hydroxylation is 1. The predicted molar refractivity (Wildman–Crippen MR) is 49.9 cm³/mol. The van der Waals surface area contributed by atoms with Crippen LogP contribution in [0, 0.1) is 18.3 Å². The van der Waals surface area contributed by atoms with Crippen LogP contribution in [0.3, 0.4) is 0 Å². The lowest BCUT2D eigenvalue weighted by Crippen LogP contribution is -2.20. The first-order valence-electron chi connectivity index (χ1n) is 4.65. The molecule has 0 unspecified atom stereocenters. The standard InChI is InChI=1S/C10H7F5N2O/c1-5-4-17-6(2-3-16)8(7(5)9(11)12)18-10(13,14)15/h4,9H,2H2,1H3. The second kappa shape index (κ2) is 5.16. The van der Waals surface area contributed by atoms with E-state index in [1.54, 1.807) is 6.07 Å². The van der Waals surface area contributed by atoms with E-state index in [0.29, 0.717) is 0 Å². The van der Waals surface area contributed by atoms with E-state index in [-0.39, 0.29) is 5.56 Å². The van der Waals surface area contributed by atoms with Crippen LogP contribution in [-0.4, -0.2) is 11.3 Å². The molecule has 0 spiro atoms. The van der Waals surface area contributed by atoms with Gasteiger partial charge in [0.25, 0.3) is 6.43 Å². The van der Waals surface area contributed by atoms with E-state index in [2.05, 4.69) is 9.72 Å². The van der Waals surface area contributed by atoms with Crippen LogP contribution in [0.15, 0.2) is 6.20 Å². The number of pyridine rings is 1. The molecule has 0 aromatic carbocycles. The molecular formula is C10H7F5N2O. The van der Waals surface area contributed by atoms with Crippen molar-refractivity contribution >= 4 is 0 Å². The highest BCUT2D eigenvalue weighted by Crippen LogP contribution is 2.37. The Morgan fingerprint density at radius 3 is 2.50 bits per heavy atom. The quantitative estimate of drug-likeness (QED) is 0.788. The van der Waals surface area contributed by atoms with Crippen LogP contribution < -0.4 is 4.74 Å². The molecule has 0 bridgehead atoms. The Kier molecular flexibility index (Phi) is 4.06. The Morgan fingerprint density at radius 1 is 1.44 bits per heavy atom. The number of hydrogen-bond donors (Lipinski definition) is 0. The van der Waals surface area contributed by atoms with Crippen LogP contribution in [0.1, 0.15) is 23.2 Å². The minimum atomic E-state index is -5.12. The Labute approximate surface area is 98.8 Å². The molecular weight excluding hydrogens is 259 g/mol. The summed E-state index contributed by atoms with van der Waals surface area (Å²) in [4.78, 5) is 3.51. The fourth-order valence-electron chi connectivity index (χ4n) is 1.34. The van der Waals surface area contributed by atoms with E-state index in [0.717, 1.165) is 6.20 Å². The summed E-state index contributed by atoms with van der Waals surface area (Å²) >= 11 is 0. The summed E-state index contributed by atoms with van der Waals surface area (Å²) in [7, 11) is 0. The van der Waals surface area contributed by atoms with Gasteiger partial charge in [-0.15, -0.1) is 13.2 Å². The fourth-order valence-corrected chi connectivity index (χ4v) is 1.34. The zero-order chi connectivity index (χ0) is 13.9. The highest BCUT2D eigenvalue weighted by molar-refractivity contribution is 5.43. The molecule has 1 rings (SSSR count). The summed E-state index contributed by atoms with van der Waals surface area (Å²) in [6.07, 6.45) is -7.84. The number of nitrogens with zero attached hydrogens (tertiary/aromatic N) is 2. The van der Waals surface area contributed by atoms with Gasteiger partial charge in [0.1, 0.15) is 0 Å². The molecule has 1 heterocycles. The molecule has 8 heteroatoms. The largest absolute Gasteiger partial charge is 0.573 e. The van der Waals surface area contributed by atoms with E-state index in [9.17, 15) is 22.0 Å². The number of nitriles is 1. The lowest BCUT2D eigenvalue weighted by Gasteiger charge is -2.16. The number of alkyl halides is 5. The van der Waals surface area contributed by atoms with Gasteiger partial charge in [0.2, 0.25) is 0 Å². The molecule has 1 aromatic heterocycles. The summed E-state index contributed by atoms with van der Waals surface area (Å²) in [5.74, 6) is -1.08. The van der Waals surface area contributed by atoms with Gasteiger partial charge < -0.3 is 4.74 Å². The molecule has 98 valence electrons. The second-order valence-electron chi connectivity index (χ2n) is 3.31. The number of halogens is 5. The second-order valence-corrected chi connectivity index (χ2v) is 3.31. The third-order valence-corrected chi connectivity index (χ3v) is 2.03. The van der Waals surface area contributed by atoms with Crippen LogP contribution in [-0.2, 0) is 6.42 Å². The molecule has 0 radical (unpaired) electrons. The lowest BCUT2D eigenvalue weighted by atomic mass is 10.1. The lowest BCUT2D eigenvalue weighted by molar-refractivity contribution is -0.275. The van der Waals surface area contributed by atoms with Crippen LogP contribution >= 0.6 is 0 Å². The van der Waals surface area contributed by atoms with Gasteiger partial charge in [0.15, 0.2) is 5.75 Å². The maximum Gasteiger partial charge on any atom is 0.573 e. The summed E-state index contributed by atoms with van der Waals surface area (Å²) in [6.45, 7) is 1.19. The highest BCUT2D eigenvalue weighted by atomic mass is 19.4. The molecule has 0 saturated heterocycles. The molecule has 0 N–H and O–H groups in total. The summed E-state index contributed by atoms with van der Waals surface area (Å²) in [5.41, 5.74) is -1.49. The zero-order valence-corrected chi connectivity index (χ0v) is 9.05. The maximum absolute atomic E-state index is 12.7. The Hall–Kier alpha value is -1.91. The first-order chi connectivity index (χ1) is 8.26. The minimum absolute atomic E-state index is 0.133. The van der Waals surface area contributed by atoms with Gasteiger partial charge in [0, 0.05) is 6.20 Å². The van der Waals surface area contributed by atoms with E-state index < -0.39 is 36.2 Å². The molecule has 3 nitrogen and oxygen atoms in total. The van der Waals surface area contributed by atoms with Crippen molar-refractivity contribution in [1.29, 1.82) is 5.26 Å². The Balaban J connectivity index is 3.39. The van der Waals surface area contributed by atoms with Gasteiger partial charge >= 0.3 is 6.36 Å². The van der Waals surface area contributed by atoms with Crippen molar-refractivity contribution in [3.63, 3.8) is 0 Å². The molecule has 0 atom stereocenters. The van der Waals surface area contributed by atoms with Crippen molar-refractivity contribution < 1.29 is 26.7 Å². The summed E-state index contributed by atoms with van der Waals surface area (Å²) in [5, 5.41) is 8.43. The van der Waals surface area contributed by atoms with E-state index in [1.165, 1.54) is 6.92 Å². The summed E-state index contributed by atoms with van der Waals surface area (Å²) in [6, 6.07) is 1.54. The highest BCUT2D eigenvalue weighted by Gasteiger charge is 2.35. The smallest absolute Gasteiger partial charge is 0.403 e. The SMILES string of the molecule is Cc1cnc(CC#N)c(OC(F)(F)F)c1C(F)F. The Bertz CT molecular complexity index is 478. The zero-order valence-electron chi connectivity index (χ0n) is 9.05. The molecule has 0 fully saturated rings. The fraction of sp³-hybridized carbons (Fsp3) is 0.400. The van der Waals surface area contributed by atoms with E-state index >= 15 is 0 Å². The number of rotatable bonds is 3. The average molecular weight is 266 g/mol. The molecule has 0 aliphatic carbocycles. The first kappa shape index (κ1) is 14.2. The topological polar surface area (TPSA) is 45.9 Å². The van der Waals surface area contributed by atoms with Gasteiger partial charge in [-0.2, -0.15) is 5.26 Å². The van der Waals surface area contributed by atoms with Gasteiger partial charge in [-0.25, -0.2) is 8.78 Å². The van der Waals surface area contributed by atoms with Crippen LogP contribution in [0.5, 0.6) is 5.75 Å². The molecule has 0 aliphatic heterocycles.